The molecule has 4 N–H and O–H groups in total. The fourth-order valence-electron chi connectivity index (χ4n) is 2.31. The standard InChI is InChI=1S/C14H19FN2O4/c15-9-2-1-3-10(6-9)16-13(20)4-5-17-7-11(18)14(21)12(19)8-17/h1-3,6,11-12,14,18-19,21H,4-5,7-8H2,(H,16,20)/t11-,12+,14?. The first-order chi connectivity index (χ1) is 9.95. The van der Waals surface area contributed by atoms with Gasteiger partial charge in [-0.2, -0.15) is 0 Å². The first kappa shape index (κ1) is 15.8. The molecule has 21 heavy (non-hydrogen) atoms. The molecule has 116 valence electrons. The van der Waals surface area contributed by atoms with Gasteiger partial charge in [0, 0.05) is 31.7 Å². The van der Waals surface area contributed by atoms with Crippen LogP contribution < -0.4 is 5.32 Å². The zero-order valence-corrected chi connectivity index (χ0v) is 11.4. The minimum atomic E-state index is -1.15. The Balaban J connectivity index is 1.79. The van der Waals surface area contributed by atoms with Crippen LogP contribution in [0.25, 0.3) is 0 Å². The Labute approximate surface area is 121 Å². The summed E-state index contributed by atoms with van der Waals surface area (Å²) in [5, 5.41) is 31.1. The highest BCUT2D eigenvalue weighted by Crippen LogP contribution is 2.13. The molecule has 0 bridgehead atoms. The van der Waals surface area contributed by atoms with Gasteiger partial charge in [-0.05, 0) is 18.2 Å². The molecule has 0 saturated carbocycles. The lowest BCUT2D eigenvalue weighted by Crippen LogP contribution is -2.55. The van der Waals surface area contributed by atoms with E-state index in [-0.39, 0.29) is 25.4 Å². The predicted octanol–water partition coefficient (Wildman–Crippen LogP) is -0.447. The third-order valence-corrected chi connectivity index (χ3v) is 3.44. The quantitative estimate of drug-likeness (QED) is 0.604. The summed E-state index contributed by atoms with van der Waals surface area (Å²) < 4.78 is 13.0. The van der Waals surface area contributed by atoms with Crippen LogP contribution in [0, 0.1) is 5.82 Å². The van der Waals surface area contributed by atoms with Gasteiger partial charge >= 0.3 is 0 Å². The number of piperidine rings is 1. The van der Waals surface area contributed by atoms with E-state index in [9.17, 15) is 24.5 Å². The van der Waals surface area contributed by atoms with Crippen LogP contribution in [0.3, 0.4) is 0 Å². The zero-order valence-electron chi connectivity index (χ0n) is 11.4. The number of β-amino-alcohol motifs (C(OH)–C–C–N with tert-alkyl or cyclic N) is 2. The maximum Gasteiger partial charge on any atom is 0.225 e. The number of aliphatic hydroxyl groups excluding tert-OH is 3. The molecule has 7 heteroatoms. The zero-order chi connectivity index (χ0) is 15.4. The molecular weight excluding hydrogens is 279 g/mol. The van der Waals surface area contributed by atoms with Crippen LogP contribution >= 0.6 is 0 Å². The van der Waals surface area contributed by atoms with Gasteiger partial charge in [-0.1, -0.05) is 6.07 Å². The number of hydrogen-bond donors (Lipinski definition) is 4. The third kappa shape index (κ3) is 4.47. The highest BCUT2D eigenvalue weighted by Gasteiger charge is 2.33. The van der Waals surface area contributed by atoms with Crippen LogP contribution in [0.4, 0.5) is 10.1 Å². The summed E-state index contributed by atoms with van der Waals surface area (Å²) in [5.74, 6) is -0.709. The molecule has 2 rings (SSSR count). The van der Waals surface area contributed by atoms with E-state index in [1.165, 1.54) is 18.2 Å². The molecule has 1 heterocycles. The first-order valence-electron chi connectivity index (χ1n) is 6.77. The summed E-state index contributed by atoms with van der Waals surface area (Å²) in [6.07, 6.45) is -3.06. The van der Waals surface area contributed by atoms with E-state index in [0.29, 0.717) is 12.2 Å². The molecule has 0 aromatic heterocycles. The molecule has 1 aromatic rings. The molecule has 0 aliphatic carbocycles. The van der Waals surface area contributed by atoms with Crippen LogP contribution in [0.5, 0.6) is 0 Å². The van der Waals surface area contributed by atoms with Crippen molar-refractivity contribution in [1.29, 1.82) is 0 Å². The number of hydrogen-bond acceptors (Lipinski definition) is 5. The van der Waals surface area contributed by atoms with Crippen LogP contribution in [-0.4, -0.2) is 64.1 Å². The SMILES string of the molecule is O=C(CCN1C[C@@H](O)C(O)[C@@H](O)C1)Nc1cccc(F)c1. The van der Waals surface area contributed by atoms with Crippen LogP contribution in [0.2, 0.25) is 0 Å². The average Bonchev–Trinajstić information content (AvgIpc) is 2.42. The number of halogens is 1. The molecule has 0 radical (unpaired) electrons. The Morgan fingerprint density at radius 1 is 1.29 bits per heavy atom. The minimum Gasteiger partial charge on any atom is -0.389 e. The van der Waals surface area contributed by atoms with Crippen molar-refractivity contribution >= 4 is 11.6 Å². The number of benzene rings is 1. The van der Waals surface area contributed by atoms with Crippen molar-refractivity contribution in [3.63, 3.8) is 0 Å². The van der Waals surface area contributed by atoms with E-state index >= 15 is 0 Å². The first-order valence-corrected chi connectivity index (χ1v) is 6.77. The van der Waals surface area contributed by atoms with Gasteiger partial charge < -0.3 is 20.6 Å². The van der Waals surface area contributed by atoms with E-state index in [2.05, 4.69) is 5.32 Å². The second kappa shape index (κ2) is 6.95. The van der Waals surface area contributed by atoms with Crippen molar-refractivity contribution in [2.45, 2.75) is 24.7 Å². The van der Waals surface area contributed by atoms with Gasteiger partial charge in [0.15, 0.2) is 0 Å². The lowest BCUT2D eigenvalue weighted by atomic mass is 10.0. The number of nitrogens with one attached hydrogen (secondary N) is 1. The van der Waals surface area contributed by atoms with Crippen molar-refractivity contribution in [3.05, 3.63) is 30.1 Å². The molecule has 1 amide bonds. The second-order valence-electron chi connectivity index (χ2n) is 5.19. The number of nitrogens with zero attached hydrogens (tertiary/aromatic N) is 1. The van der Waals surface area contributed by atoms with E-state index in [0.717, 1.165) is 0 Å². The molecule has 3 atom stereocenters. The van der Waals surface area contributed by atoms with Gasteiger partial charge in [0.2, 0.25) is 5.91 Å². The largest absolute Gasteiger partial charge is 0.389 e. The van der Waals surface area contributed by atoms with Crippen LogP contribution in [-0.2, 0) is 4.79 Å². The van der Waals surface area contributed by atoms with E-state index < -0.39 is 24.1 Å². The molecule has 0 spiro atoms. The Morgan fingerprint density at radius 3 is 2.57 bits per heavy atom. The van der Waals surface area contributed by atoms with E-state index in [1.54, 1.807) is 11.0 Å². The topological polar surface area (TPSA) is 93.0 Å². The lowest BCUT2D eigenvalue weighted by Gasteiger charge is -2.36. The summed E-state index contributed by atoms with van der Waals surface area (Å²) in [6, 6.07) is 5.61. The molecule has 6 nitrogen and oxygen atoms in total. The summed E-state index contributed by atoms with van der Waals surface area (Å²) in [6.45, 7) is 0.735. The van der Waals surface area contributed by atoms with Crippen LogP contribution in [0.1, 0.15) is 6.42 Å². The highest BCUT2D eigenvalue weighted by atomic mass is 19.1. The third-order valence-electron chi connectivity index (χ3n) is 3.44. The van der Waals surface area contributed by atoms with Gasteiger partial charge in [0.1, 0.15) is 11.9 Å². The van der Waals surface area contributed by atoms with Crippen LogP contribution in [0.15, 0.2) is 24.3 Å². The monoisotopic (exact) mass is 298 g/mol. The van der Waals surface area contributed by atoms with Crippen molar-refractivity contribution in [2.24, 2.45) is 0 Å². The molecule has 1 aliphatic heterocycles. The molecule has 1 fully saturated rings. The van der Waals surface area contributed by atoms with Crippen molar-refractivity contribution in [2.75, 3.05) is 25.0 Å². The van der Waals surface area contributed by atoms with Gasteiger partial charge in [0.05, 0.1) is 12.2 Å². The number of likely N-dealkylation sites (tertiary alicyclic amines) is 1. The van der Waals surface area contributed by atoms with Gasteiger partial charge in [-0.15, -0.1) is 0 Å². The molecule has 1 unspecified atom stereocenters. The highest BCUT2D eigenvalue weighted by molar-refractivity contribution is 5.90. The van der Waals surface area contributed by atoms with Gasteiger partial charge in [0.25, 0.3) is 0 Å². The van der Waals surface area contributed by atoms with E-state index in [1.807, 2.05) is 0 Å². The smallest absolute Gasteiger partial charge is 0.225 e. The minimum absolute atomic E-state index is 0.145. The van der Waals surface area contributed by atoms with Gasteiger partial charge in [-0.25, -0.2) is 4.39 Å². The number of carbonyl (C=O) groups is 1. The summed E-state index contributed by atoms with van der Waals surface area (Å²) in [5.41, 5.74) is 0.383. The summed E-state index contributed by atoms with van der Waals surface area (Å²) >= 11 is 0. The normalized spacial score (nSPS) is 26.6. The average molecular weight is 298 g/mol. The lowest BCUT2D eigenvalue weighted by molar-refractivity contribution is -0.120. The molecule has 1 aromatic carbocycles. The number of carbonyl (C=O) groups excluding carboxylic acids is 1. The summed E-state index contributed by atoms with van der Waals surface area (Å²) in [7, 11) is 0. The van der Waals surface area contributed by atoms with Gasteiger partial charge in [-0.3, -0.25) is 9.69 Å². The van der Waals surface area contributed by atoms with E-state index in [4.69, 9.17) is 0 Å². The fourth-order valence-corrected chi connectivity index (χ4v) is 2.31. The molecule has 1 aliphatic rings. The molecular formula is C14H19FN2O4. The Kier molecular flexibility index (Phi) is 5.24. The van der Waals surface area contributed by atoms with Crippen molar-refractivity contribution in [3.8, 4) is 0 Å². The number of rotatable bonds is 4. The summed E-state index contributed by atoms with van der Waals surface area (Å²) in [4.78, 5) is 13.5. The van der Waals surface area contributed by atoms with Crippen molar-refractivity contribution < 1.29 is 24.5 Å². The predicted molar refractivity (Wildman–Crippen MR) is 74.1 cm³/mol. The Morgan fingerprint density at radius 2 is 1.95 bits per heavy atom. The second-order valence-corrected chi connectivity index (χ2v) is 5.19. The maximum atomic E-state index is 13.0. The number of aliphatic hydroxyl groups is 3. The maximum absolute atomic E-state index is 13.0. The Hall–Kier alpha value is -1.54. The number of anilines is 1. The fraction of sp³-hybridized carbons (Fsp3) is 0.500. The number of amides is 1. The Bertz CT molecular complexity index is 488. The van der Waals surface area contributed by atoms with Crippen molar-refractivity contribution in [1.82, 2.24) is 4.90 Å². The molecule has 1 saturated heterocycles.